The molecule has 1 aliphatic heterocycles. The molecule has 98 valence electrons. The van der Waals surface area contributed by atoms with Crippen LogP contribution in [0, 0.1) is 5.82 Å². The zero-order valence-electron chi connectivity index (χ0n) is 10.6. The molecule has 0 aromatic heterocycles. The molecule has 1 aromatic rings. The summed E-state index contributed by atoms with van der Waals surface area (Å²) in [5.41, 5.74) is 6.05. The zero-order chi connectivity index (χ0) is 13.3. The van der Waals surface area contributed by atoms with Crippen molar-refractivity contribution in [2.24, 2.45) is 5.73 Å². The van der Waals surface area contributed by atoms with Crippen molar-refractivity contribution in [3.05, 3.63) is 35.6 Å². The minimum absolute atomic E-state index is 0.153. The number of benzene rings is 1. The summed E-state index contributed by atoms with van der Waals surface area (Å²) in [4.78, 5) is 13.6. The molecule has 1 aromatic carbocycles. The van der Waals surface area contributed by atoms with Gasteiger partial charge in [-0.2, -0.15) is 0 Å². The second-order valence-electron chi connectivity index (χ2n) is 5.18. The Hall–Kier alpha value is -1.62. The van der Waals surface area contributed by atoms with Gasteiger partial charge in [0.05, 0.1) is 11.6 Å². The molecule has 5 heteroatoms. The summed E-state index contributed by atoms with van der Waals surface area (Å²) in [5, 5.41) is 2.85. The van der Waals surface area contributed by atoms with Gasteiger partial charge >= 0.3 is 6.03 Å². The van der Waals surface area contributed by atoms with Crippen LogP contribution in [0.3, 0.4) is 0 Å². The van der Waals surface area contributed by atoms with E-state index in [1.54, 1.807) is 11.0 Å². The van der Waals surface area contributed by atoms with Gasteiger partial charge < -0.3 is 16.0 Å². The van der Waals surface area contributed by atoms with E-state index in [0.717, 1.165) is 5.56 Å². The van der Waals surface area contributed by atoms with Gasteiger partial charge in [0.2, 0.25) is 0 Å². The second-order valence-corrected chi connectivity index (χ2v) is 5.18. The van der Waals surface area contributed by atoms with Crippen molar-refractivity contribution in [2.75, 3.05) is 13.1 Å². The molecule has 0 spiro atoms. The van der Waals surface area contributed by atoms with Gasteiger partial charge in [0.15, 0.2) is 0 Å². The van der Waals surface area contributed by atoms with Gasteiger partial charge in [-0.15, -0.1) is 0 Å². The van der Waals surface area contributed by atoms with Crippen LogP contribution in [0.1, 0.15) is 25.5 Å². The maximum Gasteiger partial charge on any atom is 0.318 e. The summed E-state index contributed by atoms with van der Waals surface area (Å²) < 4.78 is 13.2. The van der Waals surface area contributed by atoms with Gasteiger partial charge in [0, 0.05) is 13.1 Å². The Morgan fingerprint density at radius 2 is 2.28 bits per heavy atom. The van der Waals surface area contributed by atoms with Crippen LogP contribution in [-0.2, 0) is 0 Å². The Balaban J connectivity index is 2.19. The van der Waals surface area contributed by atoms with Crippen LogP contribution in [0.4, 0.5) is 9.18 Å². The average molecular weight is 251 g/mol. The van der Waals surface area contributed by atoms with E-state index in [4.69, 9.17) is 5.73 Å². The highest BCUT2D eigenvalue weighted by atomic mass is 19.1. The van der Waals surface area contributed by atoms with E-state index in [2.05, 4.69) is 5.32 Å². The molecular formula is C13H18FN3O. The molecule has 1 unspecified atom stereocenters. The second kappa shape index (κ2) is 4.57. The summed E-state index contributed by atoms with van der Waals surface area (Å²) in [6, 6.07) is 5.96. The highest BCUT2D eigenvalue weighted by Gasteiger charge is 2.38. The minimum atomic E-state index is -0.397. The van der Waals surface area contributed by atoms with Crippen LogP contribution >= 0.6 is 0 Å². The summed E-state index contributed by atoms with van der Waals surface area (Å²) in [6.07, 6.45) is 0. The molecular weight excluding hydrogens is 233 g/mol. The van der Waals surface area contributed by atoms with E-state index < -0.39 is 5.54 Å². The van der Waals surface area contributed by atoms with Crippen molar-refractivity contribution >= 4 is 6.03 Å². The van der Waals surface area contributed by atoms with Gasteiger partial charge in [-0.25, -0.2) is 9.18 Å². The molecule has 1 fully saturated rings. The summed E-state index contributed by atoms with van der Waals surface area (Å²) in [7, 11) is 0. The van der Waals surface area contributed by atoms with E-state index in [-0.39, 0.29) is 17.9 Å². The fourth-order valence-electron chi connectivity index (χ4n) is 2.08. The first-order valence-electron chi connectivity index (χ1n) is 5.98. The van der Waals surface area contributed by atoms with Crippen molar-refractivity contribution in [3.8, 4) is 0 Å². The normalized spacial score (nSPS) is 20.1. The van der Waals surface area contributed by atoms with Crippen molar-refractivity contribution in [2.45, 2.75) is 25.4 Å². The lowest BCUT2D eigenvalue weighted by Crippen LogP contribution is -2.50. The van der Waals surface area contributed by atoms with Gasteiger partial charge in [-0.1, -0.05) is 12.1 Å². The van der Waals surface area contributed by atoms with Crippen LogP contribution in [0.25, 0.3) is 0 Å². The SMILES string of the molecule is CC(C)(CN)N1CC(c2cccc(F)c2)NC1=O. The summed E-state index contributed by atoms with van der Waals surface area (Å²) in [5.74, 6) is -0.293. The van der Waals surface area contributed by atoms with Crippen molar-refractivity contribution in [1.82, 2.24) is 10.2 Å². The van der Waals surface area contributed by atoms with Crippen LogP contribution in [-0.4, -0.2) is 29.6 Å². The minimum Gasteiger partial charge on any atom is -0.329 e. The molecule has 2 rings (SSSR count). The Bertz CT molecular complexity index is 461. The predicted octanol–water partition coefficient (Wildman–Crippen LogP) is 1.63. The number of amides is 2. The molecule has 3 N–H and O–H groups in total. The first-order chi connectivity index (χ1) is 8.44. The van der Waals surface area contributed by atoms with E-state index in [1.165, 1.54) is 12.1 Å². The number of nitrogens with zero attached hydrogens (tertiary/aromatic N) is 1. The third-order valence-electron chi connectivity index (χ3n) is 3.39. The third-order valence-corrected chi connectivity index (χ3v) is 3.39. The molecule has 0 aliphatic carbocycles. The smallest absolute Gasteiger partial charge is 0.318 e. The Morgan fingerprint density at radius 3 is 2.89 bits per heavy atom. The van der Waals surface area contributed by atoms with Gasteiger partial charge in [0.25, 0.3) is 0 Å². The lowest BCUT2D eigenvalue weighted by molar-refractivity contribution is 0.163. The van der Waals surface area contributed by atoms with Crippen molar-refractivity contribution < 1.29 is 9.18 Å². The molecule has 4 nitrogen and oxygen atoms in total. The Kier molecular flexibility index (Phi) is 3.26. The molecule has 1 saturated heterocycles. The number of nitrogens with one attached hydrogen (secondary N) is 1. The molecule has 0 bridgehead atoms. The van der Waals surface area contributed by atoms with Crippen molar-refractivity contribution in [3.63, 3.8) is 0 Å². The highest BCUT2D eigenvalue weighted by Crippen LogP contribution is 2.26. The molecule has 18 heavy (non-hydrogen) atoms. The van der Waals surface area contributed by atoms with Crippen LogP contribution in [0.15, 0.2) is 24.3 Å². The molecule has 1 atom stereocenters. The largest absolute Gasteiger partial charge is 0.329 e. The fourth-order valence-corrected chi connectivity index (χ4v) is 2.08. The maximum atomic E-state index is 13.2. The molecule has 1 aliphatic rings. The number of halogens is 1. The van der Waals surface area contributed by atoms with E-state index in [0.29, 0.717) is 13.1 Å². The average Bonchev–Trinajstić information content (AvgIpc) is 2.72. The number of rotatable bonds is 3. The number of hydrogen-bond donors (Lipinski definition) is 2. The summed E-state index contributed by atoms with van der Waals surface area (Å²) in [6.45, 7) is 4.73. The third kappa shape index (κ3) is 2.31. The standard InChI is InChI=1S/C13H18FN3O/c1-13(2,8-15)17-7-11(16-12(17)18)9-4-3-5-10(14)6-9/h3-6,11H,7-8,15H2,1-2H3,(H,16,18). The molecule has 0 radical (unpaired) electrons. The monoisotopic (exact) mass is 251 g/mol. The lowest BCUT2D eigenvalue weighted by atomic mass is 10.0. The quantitative estimate of drug-likeness (QED) is 0.857. The zero-order valence-corrected chi connectivity index (χ0v) is 10.6. The number of nitrogens with two attached hydrogens (primary N) is 1. The molecule has 1 heterocycles. The molecule has 0 saturated carbocycles. The van der Waals surface area contributed by atoms with E-state index >= 15 is 0 Å². The maximum absolute atomic E-state index is 13.2. The fraction of sp³-hybridized carbons (Fsp3) is 0.462. The van der Waals surface area contributed by atoms with Crippen LogP contribution in [0.2, 0.25) is 0 Å². The van der Waals surface area contributed by atoms with Gasteiger partial charge in [0.1, 0.15) is 5.82 Å². The van der Waals surface area contributed by atoms with Gasteiger partial charge in [-0.05, 0) is 31.5 Å². The topological polar surface area (TPSA) is 58.4 Å². The first kappa shape index (κ1) is 12.8. The lowest BCUT2D eigenvalue weighted by Gasteiger charge is -2.33. The van der Waals surface area contributed by atoms with E-state index in [1.807, 2.05) is 19.9 Å². The number of urea groups is 1. The van der Waals surface area contributed by atoms with Crippen LogP contribution < -0.4 is 11.1 Å². The summed E-state index contributed by atoms with van der Waals surface area (Å²) >= 11 is 0. The van der Waals surface area contributed by atoms with Gasteiger partial charge in [-0.3, -0.25) is 0 Å². The Labute approximate surface area is 106 Å². The Morgan fingerprint density at radius 1 is 1.56 bits per heavy atom. The number of carbonyl (C=O) groups is 1. The number of hydrogen-bond acceptors (Lipinski definition) is 2. The highest BCUT2D eigenvalue weighted by molar-refractivity contribution is 5.78. The van der Waals surface area contributed by atoms with E-state index in [9.17, 15) is 9.18 Å². The number of carbonyl (C=O) groups excluding carboxylic acids is 1. The van der Waals surface area contributed by atoms with Crippen LogP contribution in [0.5, 0.6) is 0 Å². The molecule has 2 amide bonds. The predicted molar refractivity (Wildman–Crippen MR) is 67.5 cm³/mol. The van der Waals surface area contributed by atoms with Crippen molar-refractivity contribution in [1.29, 1.82) is 0 Å². The first-order valence-corrected chi connectivity index (χ1v) is 5.98.